The minimum Gasteiger partial charge on any atom is -0.379 e. The number of hydrogen-bond acceptors (Lipinski definition) is 6. The Morgan fingerprint density at radius 1 is 1.50 bits per heavy atom. The lowest BCUT2D eigenvalue weighted by Crippen LogP contribution is -2.31. The molecule has 1 N–H and O–H groups in total. The summed E-state index contributed by atoms with van der Waals surface area (Å²) >= 11 is 0. The van der Waals surface area contributed by atoms with E-state index >= 15 is 0 Å². The molecule has 0 spiro atoms. The monoisotopic (exact) mass is 302 g/mol. The third-order valence-corrected chi connectivity index (χ3v) is 4.10. The zero-order valence-electron chi connectivity index (χ0n) is 11.4. The van der Waals surface area contributed by atoms with Gasteiger partial charge in [0, 0.05) is 25.8 Å². The molecule has 8 nitrogen and oxygen atoms in total. The summed E-state index contributed by atoms with van der Waals surface area (Å²) in [6, 6.07) is 1.52. The first-order valence-corrected chi connectivity index (χ1v) is 7.98. The highest BCUT2D eigenvalue weighted by atomic mass is 32.2. The molecule has 9 heteroatoms. The van der Waals surface area contributed by atoms with Crippen molar-refractivity contribution in [3.63, 3.8) is 0 Å². The Balaban J connectivity index is 2.52. The SMILES string of the molecule is CCN(CCCNc1ccncc1[N+](=O)[O-])S(C)(=O)=O. The van der Waals surface area contributed by atoms with Crippen molar-refractivity contribution in [3.05, 3.63) is 28.6 Å². The lowest BCUT2D eigenvalue weighted by atomic mass is 10.3. The summed E-state index contributed by atoms with van der Waals surface area (Å²) in [5.41, 5.74) is 0.287. The van der Waals surface area contributed by atoms with Crippen LogP contribution >= 0.6 is 0 Å². The van der Waals surface area contributed by atoms with Gasteiger partial charge in [0.15, 0.2) is 0 Å². The van der Waals surface area contributed by atoms with Gasteiger partial charge in [-0.2, -0.15) is 0 Å². The van der Waals surface area contributed by atoms with Crippen LogP contribution in [0.5, 0.6) is 0 Å². The average molecular weight is 302 g/mol. The van der Waals surface area contributed by atoms with Crippen molar-refractivity contribution in [2.45, 2.75) is 13.3 Å². The summed E-state index contributed by atoms with van der Waals surface area (Å²) in [5.74, 6) is 0. The summed E-state index contributed by atoms with van der Waals surface area (Å²) < 4.78 is 24.1. The second kappa shape index (κ2) is 7.15. The summed E-state index contributed by atoms with van der Waals surface area (Å²) in [5, 5.41) is 13.7. The number of hydrogen-bond donors (Lipinski definition) is 1. The molecule has 0 aromatic carbocycles. The third kappa shape index (κ3) is 4.74. The quantitative estimate of drug-likeness (QED) is 0.437. The number of aromatic nitrogens is 1. The molecule has 1 heterocycles. The van der Waals surface area contributed by atoms with Crippen molar-refractivity contribution in [1.29, 1.82) is 0 Å². The van der Waals surface area contributed by atoms with Crippen LogP contribution in [0.15, 0.2) is 18.5 Å². The Morgan fingerprint density at radius 3 is 2.75 bits per heavy atom. The van der Waals surface area contributed by atoms with Gasteiger partial charge in [0.2, 0.25) is 10.0 Å². The fourth-order valence-electron chi connectivity index (χ4n) is 1.72. The molecule has 20 heavy (non-hydrogen) atoms. The summed E-state index contributed by atoms with van der Waals surface area (Å²) in [4.78, 5) is 14.0. The van der Waals surface area contributed by atoms with Crippen LogP contribution in [-0.2, 0) is 10.0 Å². The van der Waals surface area contributed by atoms with Gasteiger partial charge in [-0.3, -0.25) is 15.1 Å². The molecular formula is C11H18N4O4S. The number of nitro groups is 1. The van der Waals surface area contributed by atoms with Gasteiger partial charge in [-0.15, -0.1) is 0 Å². The van der Waals surface area contributed by atoms with Gasteiger partial charge >= 0.3 is 5.69 Å². The number of nitrogens with zero attached hydrogens (tertiary/aromatic N) is 3. The van der Waals surface area contributed by atoms with Crippen molar-refractivity contribution in [2.75, 3.05) is 31.2 Å². The van der Waals surface area contributed by atoms with E-state index in [1.165, 1.54) is 22.8 Å². The van der Waals surface area contributed by atoms with Crippen molar-refractivity contribution in [3.8, 4) is 0 Å². The van der Waals surface area contributed by atoms with E-state index in [0.29, 0.717) is 31.7 Å². The fourth-order valence-corrected chi connectivity index (χ4v) is 2.65. The van der Waals surface area contributed by atoms with Crippen LogP contribution in [0.25, 0.3) is 0 Å². The highest BCUT2D eigenvalue weighted by Crippen LogP contribution is 2.21. The van der Waals surface area contributed by atoms with Crippen molar-refractivity contribution < 1.29 is 13.3 Å². The van der Waals surface area contributed by atoms with Crippen LogP contribution in [0.2, 0.25) is 0 Å². The largest absolute Gasteiger partial charge is 0.379 e. The number of pyridine rings is 1. The zero-order valence-corrected chi connectivity index (χ0v) is 12.3. The van der Waals surface area contributed by atoms with E-state index in [4.69, 9.17) is 0 Å². The molecule has 0 bridgehead atoms. The maximum atomic E-state index is 11.4. The Kier molecular flexibility index (Phi) is 5.83. The molecule has 0 fully saturated rings. The average Bonchev–Trinajstić information content (AvgIpc) is 2.37. The Bertz CT molecular complexity index is 561. The first kappa shape index (κ1) is 16.3. The molecule has 0 aliphatic carbocycles. The predicted molar refractivity (Wildman–Crippen MR) is 76.1 cm³/mol. The fraction of sp³-hybridized carbons (Fsp3) is 0.545. The Morgan fingerprint density at radius 2 is 2.20 bits per heavy atom. The summed E-state index contributed by atoms with van der Waals surface area (Å²) in [7, 11) is -3.19. The normalized spacial score (nSPS) is 11.6. The van der Waals surface area contributed by atoms with E-state index in [2.05, 4.69) is 10.3 Å². The zero-order chi connectivity index (χ0) is 15.2. The van der Waals surface area contributed by atoms with E-state index in [9.17, 15) is 18.5 Å². The van der Waals surface area contributed by atoms with Gasteiger partial charge in [0.1, 0.15) is 11.9 Å². The van der Waals surface area contributed by atoms with E-state index < -0.39 is 14.9 Å². The van der Waals surface area contributed by atoms with Crippen LogP contribution in [0, 0.1) is 10.1 Å². The molecule has 0 radical (unpaired) electrons. The second-order valence-corrected chi connectivity index (χ2v) is 6.17. The van der Waals surface area contributed by atoms with Gasteiger partial charge in [0.25, 0.3) is 0 Å². The highest BCUT2D eigenvalue weighted by molar-refractivity contribution is 7.88. The lowest BCUT2D eigenvalue weighted by Gasteiger charge is -2.17. The van der Waals surface area contributed by atoms with Gasteiger partial charge < -0.3 is 5.32 Å². The molecule has 1 aromatic heterocycles. The van der Waals surface area contributed by atoms with E-state index in [1.807, 2.05) is 0 Å². The minimum atomic E-state index is -3.19. The third-order valence-electron chi connectivity index (χ3n) is 2.72. The molecule has 0 amide bonds. The van der Waals surface area contributed by atoms with Gasteiger partial charge in [-0.25, -0.2) is 12.7 Å². The first-order chi connectivity index (χ1) is 9.36. The van der Waals surface area contributed by atoms with Crippen LogP contribution in [-0.4, -0.2) is 48.5 Å². The maximum Gasteiger partial charge on any atom is 0.310 e. The topological polar surface area (TPSA) is 105 Å². The molecule has 1 rings (SSSR count). The molecule has 0 saturated heterocycles. The smallest absolute Gasteiger partial charge is 0.310 e. The van der Waals surface area contributed by atoms with E-state index in [-0.39, 0.29) is 5.69 Å². The first-order valence-electron chi connectivity index (χ1n) is 6.13. The highest BCUT2D eigenvalue weighted by Gasteiger charge is 2.15. The second-order valence-electron chi connectivity index (χ2n) is 4.18. The molecular weight excluding hydrogens is 284 g/mol. The number of sulfonamides is 1. The lowest BCUT2D eigenvalue weighted by molar-refractivity contribution is -0.384. The molecule has 0 atom stereocenters. The Labute approximate surface area is 118 Å². The van der Waals surface area contributed by atoms with Crippen molar-refractivity contribution in [1.82, 2.24) is 9.29 Å². The van der Waals surface area contributed by atoms with Crippen LogP contribution in [0.1, 0.15) is 13.3 Å². The van der Waals surface area contributed by atoms with Gasteiger partial charge in [0.05, 0.1) is 11.2 Å². The number of rotatable bonds is 8. The summed E-state index contributed by atoms with van der Waals surface area (Å²) in [6.45, 7) is 2.99. The molecule has 0 unspecified atom stereocenters. The summed E-state index contributed by atoms with van der Waals surface area (Å²) in [6.07, 6.45) is 4.36. The minimum absolute atomic E-state index is 0.0945. The molecule has 0 saturated carbocycles. The van der Waals surface area contributed by atoms with E-state index in [0.717, 1.165) is 6.26 Å². The maximum absolute atomic E-state index is 11.4. The Hall–Kier alpha value is -1.74. The van der Waals surface area contributed by atoms with Crippen LogP contribution < -0.4 is 5.32 Å². The van der Waals surface area contributed by atoms with E-state index in [1.54, 1.807) is 6.92 Å². The standard InChI is InChI=1S/C11H18N4O4S/c1-3-14(20(2,18)19)8-4-6-13-10-5-7-12-9-11(10)15(16)17/h5,7,9H,3-4,6,8H2,1-2H3,(H,12,13). The number of nitrogens with one attached hydrogen (secondary N) is 1. The molecule has 0 aliphatic heterocycles. The number of anilines is 1. The predicted octanol–water partition coefficient (Wildman–Crippen LogP) is 1.07. The van der Waals surface area contributed by atoms with Crippen molar-refractivity contribution in [2.24, 2.45) is 0 Å². The van der Waals surface area contributed by atoms with Crippen LogP contribution in [0.3, 0.4) is 0 Å². The molecule has 0 aliphatic rings. The van der Waals surface area contributed by atoms with Crippen LogP contribution in [0.4, 0.5) is 11.4 Å². The van der Waals surface area contributed by atoms with Gasteiger partial charge in [-0.1, -0.05) is 6.92 Å². The molecule has 1 aromatic rings. The molecule has 112 valence electrons. The van der Waals surface area contributed by atoms with Crippen molar-refractivity contribution >= 4 is 21.4 Å². The van der Waals surface area contributed by atoms with Gasteiger partial charge in [-0.05, 0) is 12.5 Å².